The van der Waals surface area contributed by atoms with Crippen LogP contribution in [0.25, 0.3) is 0 Å². The minimum Gasteiger partial charge on any atom is -0.480 e. The summed E-state index contributed by atoms with van der Waals surface area (Å²) in [4.78, 5) is 12.7. The Bertz CT molecular complexity index is 616. The Hall–Kier alpha value is -0.480. The molecule has 1 saturated heterocycles. The Kier molecular flexibility index (Phi) is 5.09. The fourth-order valence-electron chi connectivity index (χ4n) is 2.17. The third kappa shape index (κ3) is 3.48. The molecule has 0 radical (unpaired) electrons. The van der Waals surface area contributed by atoms with Crippen LogP contribution in [0, 0.1) is 6.92 Å². The van der Waals surface area contributed by atoms with Gasteiger partial charge < -0.3 is 5.11 Å². The van der Waals surface area contributed by atoms with Crippen LogP contribution in [0.5, 0.6) is 0 Å². The summed E-state index contributed by atoms with van der Waals surface area (Å²) in [6.07, 6.45) is 0. The fourth-order valence-corrected chi connectivity index (χ4v) is 5.98. The molecule has 0 amide bonds. The summed E-state index contributed by atoms with van der Waals surface area (Å²) in [5.41, 5.74) is 0.900. The van der Waals surface area contributed by atoms with Crippen molar-refractivity contribution in [1.82, 2.24) is 9.21 Å². The number of carboxylic acid groups (broad SMARTS) is 1. The number of halogens is 1. The number of aliphatic carboxylic acids is 1. The standard InChI is InChI=1S/C12H17BrN2O4S2/c1-8-7-10(20-11(8)13)21(18,19)15-5-3-14(4-6-15)9(2)12(16)17/h7,9H,3-6H2,1-2H3,(H,16,17). The Balaban J connectivity index is 2.09. The van der Waals surface area contributed by atoms with Crippen molar-refractivity contribution >= 4 is 43.3 Å². The molecule has 1 aliphatic rings. The Labute approximate surface area is 136 Å². The van der Waals surface area contributed by atoms with Crippen LogP contribution in [-0.4, -0.2) is 60.9 Å². The molecule has 2 rings (SSSR count). The van der Waals surface area contributed by atoms with Crippen LogP contribution in [0.3, 0.4) is 0 Å². The summed E-state index contributed by atoms with van der Waals surface area (Å²) in [6, 6.07) is 1.07. The van der Waals surface area contributed by atoms with Crippen LogP contribution in [0.4, 0.5) is 0 Å². The predicted octanol–water partition coefficient (Wildman–Crippen LogP) is 1.60. The molecule has 1 aliphatic heterocycles. The van der Waals surface area contributed by atoms with Gasteiger partial charge in [-0.2, -0.15) is 4.31 Å². The first-order valence-corrected chi connectivity index (χ1v) is 9.51. The monoisotopic (exact) mass is 396 g/mol. The normalized spacial score (nSPS) is 19.6. The second kappa shape index (κ2) is 6.33. The van der Waals surface area contributed by atoms with Crippen molar-refractivity contribution in [2.75, 3.05) is 26.2 Å². The highest BCUT2D eigenvalue weighted by atomic mass is 79.9. The van der Waals surface area contributed by atoms with Crippen LogP contribution in [0.2, 0.25) is 0 Å². The lowest BCUT2D eigenvalue weighted by atomic mass is 10.2. The first kappa shape index (κ1) is 16.9. The van der Waals surface area contributed by atoms with Crippen LogP contribution in [0.15, 0.2) is 14.1 Å². The van der Waals surface area contributed by atoms with Gasteiger partial charge in [0.05, 0.1) is 3.79 Å². The third-order valence-corrected chi connectivity index (χ3v) is 8.09. The number of hydrogen-bond donors (Lipinski definition) is 1. The van der Waals surface area contributed by atoms with E-state index < -0.39 is 22.0 Å². The van der Waals surface area contributed by atoms with Crippen molar-refractivity contribution in [2.24, 2.45) is 0 Å². The number of sulfonamides is 1. The number of aryl methyl sites for hydroxylation is 1. The molecule has 0 bridgehead atoms. The highest BCUT2D eigenvalue weighted by Crippen LogP contribution is 2.32. The van der Waals surface area contributed by atoms with Gasteiger partial charge in [-0.3, -0.25) is 9.69 Å². The number of piperazine rings is 1. The zero-order valence-electron chi connectivity index (χ0n) is 11.7. The zero-order chi connectivity index (χ0) is 15.8. The van der Waals surface area contributed by atoms with E-state index in [-0.39, 0.29) is 0 Å². The molecule has 1 N–H and O–H groups in total. The van der Waals surface area contributed by atoms with Gasteiger partial charge in [-0.05, 0) is 41.4 Å². The smallest absolute Gasteiger partial charge is 0.320 e. The lowest BCUT2D eigenvalue weighted by molar-refractivity contribution is -0.143. The predicted molar refractivity (Wildman–Crippen MR) is 84.2 cm³/mol. The van der Waals surface area contributed by atoms with Crippen molar-refractivity contribution in [2.45, 2.75) is 24.1 Å². The van der Waals surface area contributed by atoms with Gasteiger partial charge in [-0.1, -0.05) is 0 Å². The summed E-state index contributed by atoms with van der Waals surface area (Å²) >= 11 is 4.55. The molecule has 1 aromatic rings. The first-order valence-electron chi connectivity index (χ1n) is 6.46. The highest BCUT2D eigenvalue weighted by Gasteiger charge is 2.32. The van der Waals surface area contributed by atoms with E-state index in [1.807, 2.05) is 6.92 Å². The van der Waals surface area contributed by atoms with E-state index in [0.29, 0.717) is 30.4 Å². The maximum absolute atomic E-state index is 12.5. The van der Waals surface area contributed by atoms with Crippen LogP contribution < -0.4 is 0 Å². The molecule has 118 valence electrons. The van der Waals surface area contributed by atoms with E-state index in [2.05, 4.69) is 15.9 Å². The van der Waals surface area contributed by atoms with Crippen molar-refractivity contribution in [1.29, 1.82) is 0 Å². The van der Waals surface area contributed by atoms with Crippen molar-refractivity contribution in [3.63, 3.8) is 0 Å². The molecule has 1 unspecified atom stereocenters. The fraction of sp³-hybridized carbons (Fsp3) is 0.583. The topological polar surface area (TPSA) is 77.9 Å². The molecule has 6 nitrogen and oxygen atoms in total. The van der Waals surface area contributed by atoms with Gasteiger partial charge in [0.25, 0.3) is 10.0 Å². The molecule has 1 aromatic heterocycles. The van der Waals surface area contributed by atoms with Crippen LogP contribution >= 0.6 is 27.3 Å². The Morgan fingerprint density at radius 2 is 1.95 bits per heavy atom. The van der Waals surface area contributed by atoms with Gasteiger partial charge in [0, 0.05) is 26.2 Å². The lowest BCUT2D eigenvalue weighted by Crippen LogP contribution is -2.52. The highest BCUT2D eigenvalue weighted by molar-refractivity contribution is 9.11. The van der Waals surface area contributed by atoms with E-state index in [4.69, 9.17) is 5.11 Å². The third-order valence-electron chi connectivity index (χ3n) is 3.61. The van der Waals surface area contributed by atoms with Crippen molar-refractivity contribution < 1.29 is 18.3 Å². The molecule has 0 aliphatic carbocycles. The van der Waals surface area contributed by atoms with E-state index in [0.717, 1.165) is 9.35 Å². The van der Waals surface area contributed by atoms with E-state index >= 15 is 0 Å². The Morgan fingerprint density at radius 1 is 1.38 bits per heavy atom. The molecular formula is C12H17BrN2O4S2. The van der Waals surface area contributed by atoms with E-state index in [9.17, 15) is 13.2 Å². The summed E-state index contributed by atoms with van der Waals surface area (Å²) in [5, 5.41) is 8.99. The average Bonchev–Trinajstić information content (AvgIpc) is 2.78. The summed E-state index contributed by atoms with van der Waals surface area (Å²) in [7, 11) is -3.49. The van der Waals surface area contributed by atoms with Gasteiger partial charge in [-0.25, -0.2) is 8.42 Å². The molecule has 0 spiro atoms. The van der Waals surface area contributed by atoms with Gasteiger partial charge in [0.15, 0.2) is 0 Å². The van der Waals surface area contributed by atoms with Gasteiger partial charge in [0.1, 0.15) is 10.3 Å². The van der Waals surface area contributed by atoms with Gasteiger partial charge in [-0.15, -0.1) is 11.3 Å². The van der Waals surface area contributed by atoms with Crippen molar-refractivity contribution in [3.8, 4) is 0 Å². The zero-order valence-corrected chi connectivity index (χ0v) is 15.0. The number of nitrogens with zero attached hydrogens (tertiary/aromatic N) is 2. The quantitative estimate of drug-likeness (QED) is 0.835. The average molecular weight is 397 g/mol. The Morgan fingerprint density at radius 3 is 2.38 bits per heavy atom. The number of thiophene rings is 1. The van der Waals surface area contributed by atoms with Gasteiger partial charge in [0.2, 0.25) is 0 Å². The lowest BCUT2D eigenvalue weighted by Gasteiger charge is -2.35. The molecule has 1 fully saturated rings. The minimum absolute atomic E-state index is 0.314. The second-order valence-electron chi connectivity index (χ2n) is 4.98. The largest absolute Gasteiger partial charge is 0.480 e. The molecule has 0 aromatic carbocycles. The number of hydrogen-bond acceptors (Lipinski definition) is 5. The molecular weight excluding hydrogens is 380 g/mol. The number of carboxylic acids is 1. The summed E-state index contributed by atoms with van der Waals surface area (Å²) in [6.45, 7) is 4.96. The molecule has 21 heavy (non-hydrogen) atoms. The first-order chi connectivity index (χ1) is 9.73. The van der Waals surface area contributed by atoms with E-state index in [1.165, 1.54) is 15.6 Å². The number of rotatable bonds is 4. The summed E-state index contributed by atoms with van der Waals surface area (Å²) in [5.74, 6) is -0.885. The second-order valence-corrected chi connectivity index (χ2v) is 9.51. The van der Waals surface area contributed by atoms with Gasteiger partial charge >= 0.3 is 5.97 Å². The van der Waals surface area contributed by atoms with Crippen LogP contribution in [0.1, 0.15) is 12.5 Å². The van der Waals surface area contributed by atoms with Crippen molar-refractivity contribution in [3.05, 3.63) is 15.4 Å². The number of carbonyl (C=O) groups is 1. The SMILES string of the molecule is Cc1cc(S(=O)(=O)N2CCN(C(C)C(=O)O)CC2)sc1Br. The molecule has 2 heterocycles. The minimum atomic E-state index is -3.49. The summed E-state index contributed by atoms with van der Waals surface area (Å²) < 4.78 is 27.7. The van der Waals surface area contributed by atoms with E-state index in [1.54, 1.807) is 17.9 Å². The maximum atomic E-state index is 12.5. The molecule has 1 atom stereocenters. The van der Waals surface area contributed by atoms with Crippen LogP contribution in [-0.2, 0) is 14.8 Å². The maximum Gasteiger partial charge on any atom is 0.320 e. The molecule has 9 heteroatoms. The molecule has 0 saturated carbocycles.